The Morgan fingerprint density at radius 3 is 2.50 bits per heavy atom. The van der Waals surface area contributed by atoms with E-state index in [1.165, 1.54) is 0 Å². The summed E-state index contributed by atoms with van der Waals surface area (Å²) in [7, 11) is -2.13. The Bertz CT molecular complexity index is 312. The number of hydrogen-bond donors (Lipinski definition) is 1. The molecule has 0 saturated carbocycles. The van der Waals surface area contributed by atoms with Crippen molar-refractivity contribution in [3.05, 3.63) is 12.1 Å². The van der Waals surface area contributed by atoms with Gasteiger partial charge in [-0.05, 0) is 0 Å². The summed E-state index contributed by atoms with van der Waals surface area (Å²) in [4.78, 5) is -0.532. The first-order valence-corrected chi connectivity index (χ1v) is 3.92. The molecule has 1 heterocycles. The first-order valence-electron chi connectivity index (χ1n) is 2.71. The van der Waals surface area contributed by atoms with Crippen molar-refractivity contribution in [1.29, 1.82) is 0 Å². The van der Waals surface area contributed by atoms with Crippen LogP contribution in [0.25, 0.3) is 0 Å². The lowest BCUT2D eigenvalue weighted by atomic mass is 10.7. The van der Waals surface area contributed by atoms with Gasteiger partial charge in [-0.25, -0.2) is 14.0 Å². The summed E-state index contributed by atoms with van der Waals surface area (Å²) in [6.45, 7) is -2.96. The van der Waals surface area contributed by atoms with Crippen LogP contribution in [-0.2, 0) is 11.0 Å². The zero-order valence-corrected chi connectivity index (χ0v) is 6.39. The van der Waals surface area contributed by atoms with Gasteiger partial charge in [0, 0.05) is 0 Å². The van der Waals surface area contributed by atoms with Crippen molar-refractivity contribution in [3.8, 4) is 0 Å². The smallest absolute Gasteiger partial charge is 0.247 e. The summed E-state index contributed by atoms with van der Waals surface area (Å²) in [5.74, 6) is -1.24. The molecule has 4 nitrogen and oxygen atoms in total. The fourth-order valence-corrected chi connectivity index (χ4v) is 1.01. The molecule has 8 heteroatoms. The van der Waals surface area contributed by atoms with E-state index < -0.39 is 28.4 Å². The van der Waals surface area contributed by atoms with E-state index in [0.29, 0.717) is 6.20 Å². The molecule has 1 atom stereocenters. The van der Waals surface area contributed by atoms with E-state index in [4.69, 9.17) is 5.14 Å². The van der Waals surface area contributed by atoms with E-state index in [2.05, 4.69) is 5.10 Å². The minimum absolute atomic E-state index is 0.0510. The third-order valence-corrected chi connectivity index (χ3v) is 1.78. The number of nitrogens with two attached hydrogens (primary N) is 1. The van der Waals surface area contributed by atoms with Crippen LogP contribution >= 0.6 is 0 Å². The lowest BCUT2D eigenvalue weighted by molar-refractivity contribution is 0.0547. The second kappa shape index (κ2) is 3.23. The van der Waals surface area contributed by atoms with Crippen LogP contribution in [0.15, 0.2) is 11.1 Å². The highest BCUT2D eigenvalue weighted by molar-refractivity contribution is 7.82. The van der Waals surface area contributed by atoms with Gasteiger partial charge in [0.15, 0.2) is 0 Å². The van der Waals surface area contributed by atoms with Gasteiger partial charge in [-0.15, -0.1) is 5.10 Å². The average molecular weight is 199 g/mol. The lowest BCUT2D eigenvalue weighted by Crippen LogP contribution is -2.03. The molecule has 0 amide bonds. The molecule has 1 aromatic rings. The number of aromatic nitrogens is 2. The molecule has 1 unspecified atom stereocenters. The van der Waals surface area contributed by atoms with Gasteiger partial charge in [0.25, 0.3) is 0 Å². The minimum Gasteiger partial charge on any atom is -0.247 e. The van der Waals surface area contributed by atoms with E-state index in [1.54, 1.807) is 0 Å². The molecule has 0 aliphatic carbocycles. The predicted molar refractivity (Wildman–Crippen MR) is 34.0 cm³/mol. The van der Waals surface area contributed by atoms with E-state index >= 15 is 0 Å². The maximum Gasteiger partial charge on any atom is 0.333 e. The van der Waals surface area contributed by atoms with Crippen molar-refractivity contribution < 1.29 is 17.4 Å². The van der Waals surface area contributed by atoms with E-state index in [1.807, 2.05) is 0 Å². The van der Waals surface area contributed by atoms with E-state index in [9.17, 15) is 17.4 Å². The molecule has 12 heavy (non-hydrogen) atoms. The summed E-state index contributed by atoms with van der Waals surface area (Å²) in [6.07, 6.45) is 0.607. The van der Waals surface area contributed by atoms with E-state index in [0.717, 1.165) is 0 Å². The average Bonchev–Trinajstić information content (AvgIpc) is 2.30. The number of nitrogens with zero attached hydrogens (tertiary/aromatic N) is 2. The van der Waals surface area contributed by atoms with Crippen molar-refractivity contribution in [3.63, 3.8) is 0 Å². The first kappa shape index (κ1) is 9.20. The Kier molecular flexibility index (Phi) is 2.48. The molecule has 0 radical (unpaired) electrons. The van der Waals surface area contributed by atoms with Crippen molar-refractivity contribution in [2.45, 2.75) is 11.4 Å². The van der Waals surface area contributed by atoms with Crippen LogP contribution in [0.4, 0.5) is 13.2 Å². The molecule has 1 aromatic heterocycles. The number of hydrogen-bond acceptors (Lipinski definition) is 2. The van der Waals surface area contributed by atoms with Crippen LogP contribution in [0.5, 0.6) is 0 Å². The summed E-state index contributed by atoms with van der Waals surface area (Å²) < 4.78 is 46.6. The van der Waals surface area contributed by atoms with Gasteiger partial charge in [0.05, 0.1) is 6.20 Å². The summed E-state index contributed by atoms with van der Waals surface area (Å²) in [6, 6.07) is 0. The van der Waals surface area contributed by atoms with E-state index in [-0.39, 0.29) is 4.68 Å². The molecule has 0 saturated heterocycles. The Balaban J connectivity index is 3.09. The second-order valence-electron chi connectivity index (χ2n) is 1.84. The molecule has 0 spiro atoms. The molecular weight excluding hydrogens is 195 g/mol. The highest BCUT2D eigenvalue weighted by Crippen LogP contribution is 2.13. The number of rotatable bonds is 2. The Labute approximate surface area is 67.7 Å². The largest absolute Gasteiger partial charge is 0.333 e. The van der Waals surface area contributed by atoms with Gasteiger partial charge in [-0.1, -0.05) is 0 Å². The zero-order chi connectivity index (χ0) is 9.30. The monoisotopic (exact) mass is 199 g/mol. The molecular formula is C4H4F3N3OS. The fraction of sp³-hybridized carbons (Fsp3) is 0.250. The highest BCUT2D eigenvalue weighted by Gasteiger charge is 2.16. The third kappa shape index (κ3) is 1.64. The van der Waals surface area contributed by atoms with Gasteiger partial charge in [0.1, 0.15) is 15.9 Å². The van der Waals surface area contributed by atoms with Crippen LogP contribution < -0.4 is 5.14 Å². The van der Waals surface area contributed by atoms with Crippen LogP contribution in [-0.4, -0.2) is 14.0 Å². The normalized spacial score (nSPS) is 13.8. The lowest BCUT2D eigenvalue weighted by Gasteiger charge is -1.93. The molecule has 0 fully saturated rings. The van der Waals surface area contributed by atoms with Crippen LogP contribution in [0.2, 0.25) is 0 Å². The molecule has 2 N–H and O–H groups in total. The van der Waals surface area contributed by atoms with Crippen molar-refractivity contribution in [1.82, 2.24) is 9.78 Å². The van der Waals surface area contributed by atoms with Crippen molar-refractivity contribution in [2.75, 3.05) is 0 Å². The number of halogens is 3. The first-order chi connectivity index (χ1) is 5.52. The molecule has 0 aromatic carbocycles. The topological polar surface area (TPSA) is 60.9 Å². The van der Waals surface area contributed by atoms with Gasteiger partial charge in [-0.3, -0.25) is 0 Å². The maximum atomic E-state index is 12.5. The third-order valence-electron chi connectivity index (χ3n) is 1.07. The van der Waals surface area contributed by atoms with Gasteiger partial charge >= 0.3 is 6.55 Å². The molecule has 0 aliphatic heterocycles. The molecule has 68 valence electrons. The van der Waals surface area contributed by atoms with Gasteiger partial charge < -0.3 is 0 Å². The van der Waals surface area contributed by atoms with Crippen LogP contribution in [0.3, 0.4) is 0 Å². The Morgan fingerprint density at radius 2 is 2.25 bits per heavy atom. The number of alkyl halides is 2. The maximum absolute atomic E-state index is 12.5. The second-order valence-corrected chi connectivity index (χ2v) is 2.87. The summed E-state index contributed by atoms with van der Waals surface area (Å²) in [5, 5.41) is 7.52. The van der Waals surface area contributed by atoms with Crippen LogP contribution in [0.1, 0.15) is 6.55 Å². The van der Waals surface area contributed by atoms with Crippen molar-refractivity contribution >= 4 is 11.0 Å². The summed E-state index contributed by atoms with van der Waals surface area (Å²) in [5.41, 5.74) is 0. The molecule has 1 rings (SSSR count). The molecule has 0 bridgehead atoms. The quantitative estimate of drug-likeness (QED) is 0.749. The fourth-order valence-electron chi connectivity index (χ4n) is 0.588. The molecule has 0 aliphatic rings. The highest BCUT2D eigenvalue weighted by atomic mass is 32.2. The minimum atomic E-state index is -2.96. The predicted octanol–water partition coefficient (Wildman–Crippen LogP) is 0.399. The zero-order valence-electron chi connectivity index (χ0n) is 5.58. The Morgan fingerprint density at radius 1 is 1.67 bits per heavy atom. The van der Waals surface area contributed by atoms with Crippen molar-refractivity contribution in [2.24, 2.45) is 5.14 Å². The Hall–Kier alpha value is -0.890. The summed E-state index contributed by atoms with van der Waals surface area (Å²) >= 11 is 0. The van der Waals surface area contributed by atoms with Gasteiger partial charge in [-0.2, -0.15) is 13.2 Å². The SMILES string of the molecule is NS(=O)c1cn(C(F)F)nc1F. The van der Waals surface area contributed by atoms with Gasteiger partial charge in [0.2, 0.25) is 5.95 Å². The van der Waals surface area contributed by atoms with Crippen LogP contribution in [0, 0.1) is 5.95 Å². The standard InChI is InChI=1S/C4H4F3N3OS/c5-3-2(12(8)11)1-10(9-3)4(6)7/h1,4H,8H2.